The first-order valence-electron chi connectivity index (χ1n) is 3.78. The normalized spacial score (nSPS) is 10.8. The molecule has 2 heterocycles. The van der Waals surface area contributed by atoms with E-state index in [1.165, 1.54) is 4.68 Å². The minimum absolute atomic E-state index is 0.145. The van der Waals surface area contributed by atoms with Crippen LogP contribution in [0.1, 0.15) is 0 Å². The molecule has 0 bridgehead atoms. The van der Waals surface area contributed by atoms with Crippen LogP contribution in [0.4, 0.5) is 10.2 Å². The number of rotatable bonds is 1. The van der Waals surface area contributed by atoms with Crippen molar-refractivity contribution in [1.29, 1.82) is 0 Å². The van der Waals surface area contributed by atoms with Crippen molar-refractivity contribution in [1.82, 2.24) is 20.0 Å². The minimum atomic E-state index is -0.561. The maximum Gasteiger partial charge on any atom is 0.194 e. The molecule has 7 heteroatoms. The van der Waals surface area contributed by atoms with Crippen molar-refractivity contribution >= 4 is 21.7 Å². The third-order valence-electron chi connectivity index (χ3n) is 1.86. The number of nitrogens with zero attached hydrogens (tertiary/aromatic N) is 3. The average molecular weight is 260 g/mol. The molecular weight excluding hydrogens is 253 g/mol. The van der Waals surface area contributed by atoms with Gasteiger partial charge in [0, 0.05) is 7.05 Å². The minimum Gasteiger partial charge on any atom is -0.380 e. The summed E-state index contributed by atoms with van der Waals surface area (Å²) < 4.78 is 15.6. The van der Waals surface area contributed by atoms with E-state index in [2.05, 4.69) is 31.2 Å². The highest BCUT2D eigenvalue weighted by atomic mass is 79.9. The van der Waals surface area contributed by atoms with Crippen LogP contribution < -0.4 is 5.73 Å². The molecule has 0 atom stereocenters. The predicted octanol–water partition coefficient (Wildman–Crippen LogP) is 1.29. The Morgan fingerprint density at radius 3 is 2.79 bits per heavy atom. The fraction of sp³-hybridized carbons (Fsp3) is 0.143. The third kappa shape index (κ3) is 1.20. The lowest BCUT2D eigenvalue weighted by atomic mass is 10.3. The Kier molecular flexibility index (Phi) is 2.03. The van der Waals surface area contributed by atoms with Gasteiger partial charge in [-0.3, -0.25) is 9.78 Å². The maximum atomic E-state index is 13.4. The summed E-state index contributed by atoms with van der Waals surface area (Å²) in [6.07, 6.45) is 1.58. The molecule has 0 radical (unpaired) electrons. The fourth-order valence-corrected chi connectivity index (χ4v) is 1.74. The molecule has 74 valence electrons. The van der Waals surface area contributed by atoms with Gasteiger partial charge in [-0.1, -0.05) is 0 Å². The van der Waals surface area contributed by atoms with Crippen LogP contribution in [-0.4, -0.2) is 20.0 Å². The second-order valence-corrected chi connectivity index (χ2v) is 3.62. The highest BCUT2D eigenvalue weighted by Gasteiger charge is 2.17. The monoisotopic (exact) mass is 259 g/mol. The first kappa shape index (κ1) is 9.20. The second kappa shape index (κ2) is 3.09. The zero-order valence-corrected chi connectivity index (χ0v) is 8.84. The summed E-state index contributed by atoms with van der Waals surface area (Å²) in [5.41, 5.74) is 6.09. The summed E-state index contributed by atoms with van der Waals surface area (Å²) >= 11 is 3.26. The molecule has 0 saturated heterocycles. The van der Waals surface area contributed by atoms with Crippen LogP contribution in [0.2, 0.25) is 0 Å². The molecule has 0 spiro atoms. The fourth-order valence-electron chi connectivity index (χ4n) is 1.19. The van der Waals surface area contributed by atoms with E-state index < -0.39 is 5.82 Å². The van der Waals surface area contributed by atoms with E-state index in [1.807, 2.05) is 0 Å². The number of hydrogen-bond donors (Lipinski definition) is 2. The summed E-state index contributed by atoms with van der Waals surface area (Å²) in [6.45, 7) is 0. The van der Waals surface area contributed by atoms with Crippen molar-refractivity contribution in [2.45, 2.75) is 0 Å². The standard InChI is InChI=1S/C7H7BrFN5/c1-14-6(3(8)2-11-14)5-4(9)7(10)13-12-5/h2H,1H3,(H3,10,12,13). The predicted molar refractivity (Wildman–Crippen MR) is 52.9 cm³/mol. The van der Waals surface area contributed by atoms with Crippen LogP contribution in [-0.2, 0) is 7.05 Å². The number of aryl methyl sites for hydroxylation is 1. The Labute approximate surface area is 87.2 Å². The number of anilines is 1. The van der Waals surface area contributed by atoms with Crippen molar-refractivity contribution in [2.75, 3.05) is 5.73 Å². The van der Waals surface area contributed by atoms with Gasteiger partial charge in [-0.05, 0) is 15.9 Å². The van der Waals surface area contributed by atoms with Gasteiger partial charge in [0.25, 0.3) is 0 Å². The third-order valence-corrected chi connectivity index (χ3v) is 2.44. The molecule has 2 aromatic rings. The first-order valence-corrected chi connectivity index (χ1v) is 4.57. The highest BCUT2D eigenvalue weighted by Crippen LogP contribution is 2.29. The average Bonchev–Trinajstić information content (AvgIpc) is 2.62. The van der Waals surface area contributed by atoms with Crippen LogP contribution in [0.3, 0.4) is 0 Å². The van der Waals surface area contributed by atoms with Crippen LogP contribution >= 0.6 is 15.9 Å². The van der Waals surface area contributed by atoms with Gasteiger partial charge in [0.2, 0.25) is 0 Å². The van der Waals surface area contributed by atoms with Crippen LogP contribution in [0.25, 0.3) is 11.4 Å². The number of halogens is 2. The van der Waals surface area contributed by atoms with E-state index in [1.54, 1.807) is 13.2 Å². The van der Waals surface area contributed by atoms with Crippen molar-refractivity contribution < 1.29 is 4.39 Å². The largest absolute Gasteiger partial charge is 0.380 e. The smallest absolute Gasteiger partial charge is 0.194 e. The second-order valence-electron chi connectivity index (χ2n) is 2.76. The van der Waals surface area contributed by atoms with Gasteiger partial charge in [0.15, 0.2) is 11.6 Å². The number of nitrogens with two attached hydrogens (primary N) is 1. The molecule has 0 aliphatic rings. The van der Waals surface area contributed by atoms with Crippen LogP contribution in [0.5, 0.6) is 0 Å². The van der Waals surface area contributed by atoms with Gasteiger partial charge in [0.1, 0.15) is 11.4 Å². The molecule has 14 heavy (non-hydrogen) atoms. The van der Waals surface area contributed by atoms with E-state index in [0.29, 0.717) is 10.2 Å². The molecule has 0 aliphatic heterocycles. The zero-order chi connectivity index (χ0) is 10.3. The number of nitrogens with one attached hydrogen (secondary N) is 1. The summed E-state index contributed by atoms with van der Waals surface area (Å²) in [7, 11) is 1.70. The molecule has 2 aromatic heterocycles. The summed E-state index contributed by atoms with van der Waals surface area (Å²) in [5.74, 6) is -0.706. The highest BCUT2D eigenvalue weighted by molar-refractivity contribution is 9.10. The Bertz CT molecular complexity index is 455. The van der Waals surface area contributed by atoms with Gasteiger partial charge in [-0.15, -0.1) is 0 Å². The number of H-pyrrole nitrogens is 1. The lowest BCUT2D eigenvalue weighted by Gasteiger charge is -1.98. The van der Waals surface area contributed by atoms with Crippen molar-refractivity contribution in [3.05, 3.63) is 16.5 Å². The van der Waals surface area contributed by atoms with Gasteiger partial charge in [-0.25, -0.2) is 4.39 Å². The van der Waals surface area contributed by atoms with Gasteiger partial charge >= 0.3 is 0 Å². The lowest BCUT2D eigenvalue weighted by molar-refractivity contribution is 0.633. The van der Waals surface area contributed by atoms with E-state index in [0.717, 1.165) is 0 Å². The van der Waals surface area contributed by atoms with Gasteiger partial charge in [0.05, 0.1) is 10.7 Å². The number of aromatic nitrogens is 4. The van der Waals surface area contributed by atoms with Crippen LogP contribution in [0, 0.1) is 5.82 Å². The molecule has 2 rings (SSSR count). The van der Waals surface area contributed by atoms with E-state index in [-0.39, 0.29) is 11.5 Å². The Balaban J connectivity index is 2.65. The molecule has 0 unspecified atom stereocenters. The van der Waals surface area contributed by atoms with Crippen molar-refractivity contribution in [3.8, 4) is 11.4 Å². The quantitative estimate of drug-likeness (QED) is 0.811. The van der Waals surface area contributed by atoms with Crippen molar-refractivity contribution in [3.63, 3.8) is 0 Å². The lowest BCUT2D eigenvalue weighted by Crippen LogP contribution is -1.95. The molecule has 0 saturated carbocycles. The van der Waals surface area contributed by atoms with Crippen LogP contribution in [0.15, 0.2) is 10.7 Å². The van der Waals surface area contributed by atoms with E-state index in [9.17, 15) is 4.39 Å². The number of aromatic amines is 1. The molecule has 0 aromatic carbocycles. The number of nitrogen functional groups attached to an aromatic ring is 1. The molecule has 5 nitrogen and oxygen atoms in total. The Hall–Kier alpha value is -1.37. The summed E-state index contributed by atoms with van der Waals surface area (Å²) in [6, 6.07) is 0. The Morgan fingerprint density at radius 1 is 1.64 bits per heavy atom. The van der Waals surface area contributed by atoms with Crippen molar-refractivity contribution in [2.24, 2.45) is 7.05 Å². The first-order chi connectivity index (χ1) is 6.61. The summed E-state index contributed by atoms with van der Waals surface area (Å²) in [5, 5.41) is 10.0. The van der Waals surface area contributed by atoms with Gasteiger partial charge < -0.3 is 5.73 Å². The molecule has 3 N–H and O–H groups in total. The van der Waals surface area contributed by atoms with Gasteiger partial charge in [-0.2, -0.15) is 10.2 Å². The molecule has 0 fully saturated rings. The summed E-state index contributed by atoms with van der Waals surface area (Å²) in [4.78, 5) is 0. The topological polar surface area (TPSA) is 72.5 Å². The molecule has 0 amide bonds. The maximum absolute atomic E-state index is 13.4. The zero-order valence-electron chi connectivity index (χ0n) is 7.25. The molecular formula is C7H7BrFN5. The van der Waals surface area contributed by atoms with E-state index in [4.69, 9.17) is 5.73 Å². The SMILES string of the molecule is Cn1ncc(Br)c1-c1[nH]nc(N)c1F. The molecule has 0 aliphatic carbocycles. The Morgan fingerprint density at radius 2 is 2.36 bits per heavy atom. The van der Waals surface area contributed by atoms with E-state index >= 15 is 0 Å². The number of hydrogen-bond acceptors (Lipinski definition) is 3.